The third-order valence-electron chi connectivity index (χ3n) is 2.67. The number of oxime groups is 1. The first kappa shape index (κ1) is 14.8. The number of hydrogen-bond donors (Lipinski definition) is 0. The van der Waals surface area contributed by atoms with Gasteiger partial charge in [-0.15, -0.1) is 0 Å². The first-order valence-electron chi connectivity index (χ1n) is 6.55. The van der Waals surface area contributed by atoms with E-state index in [-0.39, 0.29) is 6.09 Å². The third kappa shape index (κ3) is 5.38. The van der Waals surface area contributed by atoms with E-state index in [1.165, 1.54) is 0 Å². The van der Waals surface area contributed by atoms with Gasteiger partial charge in [-0.3, -0.25) is 0 Å². The molecule has 1 fully saturated rings. The number of ether oxygens (including phenoxy) is 1. The summed E-state index contributed by atoms with van der Waals surface area (Å²) in [5.41, 5.74) is -0.426. The van der Waals surface area contributed by atoms with Crippen molar-refractivity contribution in [2.45, 2.75) is 46.1 Å². The van der Waals surface area contributed by atoms with E-state index in [1.54, 1.807) is 4.90 Å². The highest BCUT2D eigenvalue weighted by atomic mass is 16.6. The summed E-state index contributed by atoms with van der Waals surface area (Å²) in [6.07, 6.45) is 3.45. The second-order valence-corrected chi connectivity index (χ2v) is 5.48. The average Bonchev–Trinajstić information content (AvgIpc) is 2.28. The van der Waals surface area contributed by atoms with E-state index in [9.17, 15) is 4.79 Å². The number of hydrogen-bond acceptors (Lipinski definition) is 4. The van der Waals surface area contributed by atoms with Crippen molar-refractivity contribution in [2.24, 2.45) is 11.1 Å². The standard InChI is InChI=1S/C13H24N2O3/c1-5-17-14-10-11-6-8-15(9-7-11)12(16)18-13(2,3)4/h10-11H,5-9H2,1-4H3. The van der Waals surface area contributed by atoms with E-state index in [4.69, 9.17) is 9.57 Å². The molecule has 1 rings (SSSR count). The van der Waals surface area contributed by atoms with Crippen LogP contribution in [0.15, 0.2) is 5.16 Å². The molecular formula is C13H24N2O3. The Bertz CT molecular complexity index is 289. The van der Waals surface area contributed by atoms with Gasteiger partial charge in [0.1, 0.15) is 12.2 Å². The monoisotopic (exact) mass is 256 g/mol. The molecule has 104 valence electrons. The molecule has 0 aromatic rings. The van der Waals surface area contributed by atoms with Crippen LogP contribution in [0.2, 0.25) is 0 Å². The smallest absolute Gasteiger partial charge is 0.410 e. The van der Waals surface area contributed by atoms with Crippen LogP contribution in [0.4, 0.5) is 4.79 Å². The third-order valence-corrected chi connectivity index (χ3v) is 2.67. The Balaban J connectivity index is 2.33. The Morgan fingerprint density at radius 3 is 2.50 bits per heavy atom. The fraction of sp³-hybridized carbons (Fsp3) is 0.846. The summed E-state index contributed by atoms with van der Waals surface area (Å²) in [4.78, 5) is 18.5. The molecule has 0 N–H and O–H groups in total. The van der Waals surface area contributed by atoms with Gasteiger partial charge in [0.05, 0.1) is 0 Å². The molecule has 0 aromatic carbocycles. The van der Waals surface area contributed by atoms with Gasteiger partial charge >= 0.3 is 6.09 Å². The molecule has 1 aliphatic heterocycles. The van der Waals surface area contributed by atoms with Crippen LogP contribution in [0.3, 0.4) is 0 Å². The minimum absolute atomic E-state index is 0.220. The summed E-state index contributed by atoms with van der Waals surface area (Å²) in [7, 11) is 0. The summed E-state index contributed by atoms with van der Waals surface area (Å²) in [6.45, 7) is 9.58. The van der Waals surface area contributed by atoms with Crippen molar-refractivity contribution >= 4 is 12.3 Å². The maximum Gasteiger partial charge on any atom is 0.410 e. The van der Waals surface area contributed by atoms with Gasteiger partial charge in [0.25, 0.3) is 0 Å². The van der Waals surface area contributed by atoms with E-state index >= 15 is 0 Å². The van der Waals surface area contributed by atoms with Gasteiger partial charge in [-0.25, -0.2) is 4.79 Å². The molecule has 0 bridgehead atoms. The van der Waals surface area contributed by atoms with Crippen molar-refractivity contribution in [3.8, 4) is 0 Å². The Morgan fingerprint density at radius 2 is 2.00 bits per heavy atom. The van der Waals surface area contributed by atoms with E-state index in [1.807, 2.05) is 33.9 Å². The molecule has 0 spiro atoms. The molecular weight excluding hydrogens is 232 g/mol. The molecule has 1 aliphatic rings. The van der Waals surface area contributed by atoms with Gasteiger partial charge < -0.3 is 14.5 Å². The van der Waals surface area contributed by atoms with Crippen molar-refractivity contribution in [1.82, 2.24) is 4.90 Å². The van der Waals surface area contributed by atoms with Crippen LogP contribution in [-0.2, 0) is 9.57 Å². The fourth-order valence-electron chi connectivity index (χ4n) is 1.76. The summed E-state index contributed by atoms with van der Waals surface area (Å²) >= 11 is 0. The van der Waals surface area contributed by atoms with Crippen molar-refractivity contribution in [3.05, 3.63) is 0 Å². The highest BCUT2D eigenvalue weighted by molar-refractivity contribution is 5.69. The largest absolute Gasteiger partial charge is 0.444 e. The second-order valence-electron chi connectivity index (χ2n) is 5.48. The molecule has 5 heteroatoms. The highest BCUT2D eigenvalue weighted by Crippen LogP contribution is 2.18. The van der Waals surface area contributed by atoms with E-state index in [2.05, 4.69) is 5.16 Å². The van der Waals surface area contributed by atoms with Crippen LogP contribution >= 0.6 is 0 Å². The molecule has 5 nitrogen and oxygen atoms in total. The van der Waals surface area contributed by atoms with Crippen LogP contribution in [0.1, 0.15) is 40.5 Å². The minimum atomic E-state index is -0.426. The summed E-state index contributed by atoms with van der Waals surface area (Å²) < 4.78 is 5.34. The molecule has 0 aliphatic carbocycles. The maximum atomic E-state index is 11.8. The average molecular weight is 256 g/mol. The predicted octanol–water partition coefficient (Wildman–Crippen LogP) is 2.66. The summed E-state index contributed by atoms with van der Waals surface area (Å²) in [6, 6.07) is 0. The molecule has 1 heterocycles. The van der Waals surface area contributed by atoms with Crippen molar-refractivity contribution in [3.63, 3.8) is 0 Å². The summed E-state index contributed by atoms with van der Waals surface area (Å²) in [5, 5.41) is 3.88. The van der Waals surface area contributed by atoms with Crippen molar-refractivity contribution in [2.75, 3.05) is 19.7 Å². The zero-order chi connectivity index (χ0) is 13.6. The lowest BCUT2D eigenvalue weighted by Crippen LogP contribution is -2.41. The Hall–Kier alpha value is -1.26. The second kappa shape index (κ2) is 6.61. The molecule has 1 amide bonds. The van der Waals surface area contributed by atoms with Gasteiger partial charge in [-0.2, -0.15) is 0 Å². The lowest BCUT2D eigenvalue weighted by Gasteiger charge is -2.32. The zero-order valence-electron chi connectivity index (χ0n) is 11.8. The van der Waals surface area contributed by atoms with Gasteiger partial charge in [0.15, 0.2) is 0 Å². The maximum absolute atomic E-state index is 11.8. The van der Waals surface area contributed by atoms with Gasteiger partial charge in [-0.1, -0.05) is 5.16 Å². The normalized spacial score (nSPS) is 18.1. The predicted molar refractivity (Wildman–Crippen MR) is 70.6 cm³/mol. The first-order valence-corrected chi connectivity index (χ1v) is 6.55. The molecule has 0 unspecified atom stereocenters. The van der Waals surface area contributed by atoms with Gasteiger partial charge in [0, 0.05) is 25.2 Å². The van der Waals surface area contributed by atoms with E-state index in [0.717, 1.165) is 25.9 Å². The number of likely N-dealkylation sites (tertiary alicyclic amines) is 1. The quantitative estimate of drug-likeness (QED) is 0.576. The number of carbonyl (C=O) groups is 1. The number of piperidine rings is 1. The van der Waals surface area contributed by atoms with Crippen LogP contribution in [0, 0.1) is 5.92 Å². The number of carbonyl (C=O) groups excluding carboxylic acids is 1. The first-order chi connectivity index (χ1) is 8.42. The Morgan fingerprint density at radius 1 is 1.39 bits per heavy atom. The minimum Gasteiger partial charge on any atom is -0.444 e. The summed E-state index contributed by atoms with van der Waals surface area (Å²) in [5.74, 6) is 0.398. The molecule has 0 saturated carbocycles. The zero-order valence-corrected chi connectivity index (χ0v) is 11.8. The van der Waals surface area contributed by atoms with E-state index < -0.39 is 5.60 Å². The molecule has 0 aromatic heterocycles. The molecule has 0 radical (unpaired) electrons. The van der Waals surface area contributed by atoms with Crippen molar-refractivity contribution in [1.29, 1.82) is 0 Å². The van der Waals surface area contributed by atoms with Gasteiger partial charge in [-0.05, 0) is 40.5 Å². The molecule has 1 saturated heterocycles. The fourth-order valence-corrected chi connectivity index (χ4v) is 1.76. The Labute approximate surface area is 109 Å². The topological polar surface area (TPSA) is 51.1 Å². The van der Waals surface area contributed by atoms with Crippen LogP contribution in [-0.4, -0.2) is 42.5 Å². The molecule has 0 atom stereocenters. The lowest BCUT2D eigenvalue weighted by molar-refractivity contribution is 0.0202. The van der Waals surface area contributed by atoms with Crippen molar-refractivity contribution < 1.29 is 14.4 Å². The van der Waals surface area contributed by atoms with Crippen LogP contribution in [0.25, 0.3) is 0 Å². The molecule has 18 heavy (non-hydrogen) atoms. The lowest BCUT2D eigenvalue weighted by atomic mass is 9.99. The highest BCUT2D eigenvalue weighted by Gasteiger charge is 2.26. The number of nitrogens with zero attached hydrogens (tertiary/aromatic N) is 2. The number of amides is 1. The SMILES string of the molecule is CCON=CC1CCN(C(=O)OC(C)(C)C)CC1. The van der Waals surface area contributed by atoms with Crippen LogP contribution in [0.5, 0.6) is 0 Å². The number of rotatable bonds is 3. The van der Waals surface area contributed by atoms with Crippen LogP contribution < -0.4 is 0 Å². The van der Waals surface area contributed by atoms with Gasteiger partial charge in [0.2, 0.25) is 0 Å². The van der Waals surface area contributed by atoms with E-state index in [0.29, 0.717) is 12.5 Å². The Kier molecular flexibility index (Phi) is 5.44.